The van der Waals surface area contributed by atoms with Crippen LogP contribution < -0.4 is 16.4 Å². The normalized spacial score (nSPS) is 10.4. The second-order valence-corrected chi connectivity index (χ2v) is 11.2. The minimum absolute atomic E-state index is 0. The van der Waals surface area contributed by atoms with E-state index in [1.807, 2.05) is 26.0 Å². The lowest BCUT2D eigenvalue weighted by molar-refractivity contribution is -0.915. The van der Waals surface area contributed by atoms with Gasteiger partial charge >= 0.3 is 0 Å². The van der Waals surface area contributed by atoms with E-state index in [0.717, 1.165) is 70.7 Å². The van der Waals surface area contributed by atoms with Gasteiger partial charge in [0.05, 0.1) is 44.2 Å². The van der Waals surface area contributed by atoms with Gasteiger partial charge in [-0.05, 0) is 104 Å². The standard InChI is InChI=1S/C16H25N3O3.C16H27N3O.2CH4.2ClH/c1-6-19(7-2,8-3)11-15(20)17-16-12(4)9-14(18(21)22)10-13(16)5;1-6-19(7-2,8-3)11-15(20)18-16-12(4)9-14(17)10-13(16)5;;;;/h9-10H,6-8,11H2,1-5H3;9-10H,6-8,11,17H2,1-5H3;2*1H4;2*1H/p+2. The van der Waals surface area contributed by atoms with Crippen molar-refractivity contribution in [1.82, 2.24) is 0 Å². The third-order valence-corrected chi connectivity index (χ3v) is 8.80. The number of aryl methyl sites for hydroxylation is 4. The SMILES string of the molecule is C.C.CC[N+](CC)(CC)CC(=O)Nc1c(C)cc(N)cc1C.CC[N+](CC)(CC)CC(=O)Nc1c(C)cc([N+](=O)[O-])cc1C.Cl.Cl. The molecule has 0 aliphatic heterocycles. The van der Waals surface area contributed by atoms with Crippen LogP contribution in [0.5, 0.6) is 0 Å². The third kappa shape index (κ3) is 13.8. The van der Waals surface area contributed by atoms with Crippen molar-refractivity contribution in [2.24, 2.45) is 0 Å². The smallest absolute Gasteiger partial charge is 0.279 e. The molecule has 0 bridgehead atoms. The van der Waals surface area contributed by atoms with E-state index >= 15 is 0 Å². The number of benzene rings is 2. The molecule has 2 aromatic rings. The van der Waals surface area contributed by atoms with Gasteiger partial charge in [0.1, 0.15) is 0 Å². The molecule has 0 saturated heterocycles. The molecule has 0 unspecified atom stereocenters. The number of nitrogen functional groups attached to an aromatic ring is 1. The third-order valence-electron chi connectivity index (χ3n) is 8.80. The number of nitro benzene ring substituents is 1. The van der Waals surface area contributed by atoms with Crippen molar-refractivity contribution in [2.75, 3.05) is 68.7 Å². The number of carbonyl (C=O) groups excluding carboxylic acids is 2. The first-order chi connectivity index (χ1) is 19.6. The molecule has 0 aliphatic rings. The van der Waals surface area contributed by atoms with Crippen molar-refractivity contribution >= 4 is 59.4 Å². The number of quaternary nitrogens is 2. The number of likely N-dealkylation sites (N-methyl/N-ethyl adjacent to an activating group) is 2. The summed E-state index contributed by atoms with van der Waals surface area (Å²) in [5, 5.41) is 16.8. The molecule has 2 amide bonds. The predicted molar refractivity (Wildman–Crippen MR) is 202 cm³/mol. The Hall–Kier alpha value is -2.92. The maximum Gasteiger partial charge on any atom is 0.279 e. The van der Waals surface area contributed by atoms with Gasteiger partial charge in [-0.1, -0.05) is 14.9 Å². The summed E-state index contributed by atoms with van der Waals surface area (Å²) in [7, 11) is 0. The Morgan fingerprint density at radius 1 is 0.652 bits per heavy atom. The van der Waals surface area contributed by atoms with Crippen molar-refractivity contribution in [3.63, 3.8) is 0 Å². The van der Waals surface area contributed by atoms with Crippen LogP contribution in [0.15, 0.2) is 24.3 Å². The number of rotatable bonds is 13. The average molecular weight is 692 g/mol. The number of nitrogens with zero attached hydrogens (tertiary/aromatic N) is 3. The molecule has 2 aromatic carbocycles. The lowest BCUT2D eigenvalue weighted by Gasteiger charge is -2.35. The molecule has 0 spiro atoms. The van der Waals surface area contributed by atoms with E-state index < -0.39 is 4.92 Å². The maximum absolute atomic E-state index is 12.4. The van der Waals surface area contributed by atoms with Crippen molar-refractivity contribution in [2.45, 2.75) is 84.1 Å². The monoisotopic (exact) mass is 690 g/mol. The first-order valence-corrected chi connectivity index (χ1v) is 15.1. The van der Waals surface area contributed by atoms with Crippen LogP contribution in [-0.4, -0.2) is 78.1 Å². The minimum Gasteiger partial charge on any atom is -0.399 e. The number of nitrogens with one attached hydrogen (secondary N) is 2. The predicted octanol–water partition coefficient (Wildman–Crippen LogP) is 7.84. The summed E-state index contributed by atoms with van der Waals surface area (Å²) in [4.78, 5) is 35.1. The number of nitro groups is 1. The number of halogens is 2. The molecule has 0 saturated carbocycles. The lowest BCUT2D eigenvalue weighted by Crippen LogP contribution is -2.52. The summed E-state index contributed by atoms with van der Waals surface area (Å²) < 4.78 is 1.55. The molecule has 0 radical (unpaired) electrons. The number of carbonyl (C=O) groups is 2. The Morgan fingerprint density at radius 2 is 0.913 bits per heavy atom. The van der Waals surface area contributed by atoms with Crippen molar-refractivity contribution < 1.29 is 23.5 Å². The van der Waals surface area contributed by atoms with Gasteiger partial charge in [-0.2, -0.15) is 0 Å². The second-order valence-electron chi connectivity index (χ2n) is 11.2. The highest BCUT2D eigenvalue weighted by Gasteiger charge is 2.26. The van der Waals surface area contributed by atoms with Crippen LogP contribution in [0.3, 0.4) is 0 Å². The van der Waals surface area contributed by atoms with Crippen LogP contribution in [0, 0.1) is 37.8 Å². The number of anilines is 3. The Morgan fingerprint density at radius 3 is 1.15 bits per heavy atom. The molecule has 2 rings (SSSR count). The van der Waals surface area contributed by atoms with E-state index in [4.69, 9.17) is 5.73 Å². The number of amides is 2. The number of non-ortho nitro benzene ring substituents is 1. The zero-order valence-corrected chi connectivity index (χ0v) is 30.0. The lowest BCUT2D eigenvalue weighted by atomic mass is 10.1. The van der Waals surface area contributed by atoms with Crippen molar-refractivity contribution in [3.05, 3.63) is 56.6 Å². The van der Waals surface area contributed by atoms with Crippen LogP contribution in [0.2, 0.25) is 0 Å². The molecule has 0 aromatic heterocycles. The topological polar surface area (TPSA) is 127 Å². The second kappa shape index (κ2) is 22.6. The molecule has 12 heteroatoms. The summed E-state index contributed by atoms with van der Waals surface area (Å²) in [6, 6.07) is 6.77. The van der Waals surface area contributed by atoms with Gasteiger partial charge in [-0.3, -0.25) is 19.7 Å². The summed E-state index contributed by atoms with van der Waals surface area (Å²) in [6.07, 6.45) is 0. The fraction of sp³-hybridized carbons (Fsp3) is 0.588. The van der Waals surface area contributed by atoms with E-state index in [1.165, 1.54) is 12.1 Å². The van der Waals surface area contributed by atoms with Crippen LogP contribution in [0.4, 0.5) is 22.7 Å². The zero-order chi connectivity index (χ0) is 32.3. The van der Waals surface area contributed by atoms with Gasteiger partial charge in [0.25, 0.3) is 17.5 Å². The Labute approximate surface area is 291 Å². The van der Waals surface area contributed by atoms with Gasteiger partial charge in [0.15, 0.2) is 13.1 Å². The number of hydrogen-bond donors (Lipinski definition) is 3. The highest BCUT2D eigenvalue weighted by molar-refractivity contribution is 5.94. The summed E-state index contributed by atoms with van der Waals surface area (Å²) >= 11 is 0. The Balaban J connectivity index is -0.000000354. The van der Waals surface area contributed by atoms with Gasteiger partial charge in [-0.15, -0.1) is 24.8 Å². The van der Waals surface area contributed by atoms with Gasteiger partial charge in [0.2, 0.25) is 0 Å². The van der Waals surface area contributed by atoms with Crippen LogP contribution >= 0.6 is 24.8 Å². The highest BCUT2D eigenvalue weighted by atomic mass is 35.5. The Bertz CT molecular complexity index is 1190. The fourth-order valence-corrected chi connectivity index (χ4v) is 5.42. The molecular formula is C34H64Cl2N6O4+2. The molecule has 0 heterocycles. The molecule has 0 fully saturated rings. The quantitative estimate of drug-likeness (QED) is 0.0854. The maximum atomic E-state index is 12.4. The summed E-state index contributed by atoms with van der Waals surface area (Å²) in [6.45, 7) is 26.7. The van der Waals surface area contributed by atoms with Gasteiger partial charge in [0, 0.05) is 29.2 Å². The molecule has 0 atom stereocenters. The van der Waals surface area contributed by atoms with Gasteiger partial charge < -0.3 is 25.3 Å². The van der Waals surface area contributed by atoms with E-state index in [-0.39, 0.29) is 57.2 Å². The van der Waals surface area contributed by atoms with Crippen LogP contribution in [0.25, 0.3) is 0 Å². The van der Waals surface area contributed by atoms with E-state index in [2.05, 4.69) is 52.2 Å². The van der Waals surface area contributed by atoms with E-state index in [1.54, 1.807) is 13.8 Å². The zero-order valence-electron chi connectivity index (χ0n) is 28.3. The van der Waals surface area contributed by atoms with Crippen LogP contribution in [-0.2, 0) is 9.59 Å². The average Bonchev–Trinajstić information content (AvgIpc) is 2.94. The van der Waals surface area contributed by atoms with Crippen LogP contribution in [0.1, 0.15) is 78.6 Å². The highest BCUT2D eigenvalue weighted by Crippen LogP contribution is 2.26. The first-order valence-electron chi connectivity index (χ1n) is 15.1. The molecule has 4 N–H and O–H groups in total. The summed E-state index contributed by atoms with van der Waals surface area (Å²) in [5.74, 6) is 0.0251. The first kappa shape index (κ1) is 49.9. The molecular weight excluding hydrogens is 627 g/mol. The van der Waals surface area contributed by atoms with Gasteiger partial charge in [-0.25, -0.2) is 0 Å². The van der Waals surface area contributed by atoms with Crippen molar-refractivity contribution in [1.29, 1.82) is 0 Å². The van der Waals surface area contributed by atoms with E-state index in [0.29, 0.717) is 29.9 Å². The number of hydrogen-bond acceptors (Lipinski definition) is 5. The summed E-state index contributed by atoms with van der Waals surface area (Å²) in [5.41, 5.74) is 11.6. The largest absolute Gasteiger partial charge is 0.399 e. The molecule has 46 heavy (non-hydrogen) atoms. The molecule has 10 nitrogen and oxygen atoms in total. The molecule has 0 aliphatic carbocycles. The Kier molecular flexibility index (Phi) is 24.5. The molecule has 266 valence electrons. The minimum atomic E-state index is -0.418. The fourth-order valence-electron chi connectivity index (χ4n) is 5.42. The van der Waals surface area contributed by atoms with E-state index in [9.17, 15) is 19.7 Å². The number of nitrogens with two attached hydrogens (primary N) is 1. The van der Waals surface area contributed by atoms with Crippen molar-refractivity contribution in [3.8, 4) is 0 Å².